The van der Waals surface area contributed by atoms with Crippen molar-refractivity contribution in [3.05, 3.63) is 17.9 Å². The molecule has 2 N–H and O–H groups in total. The first-order valence-corrected chi connectivity index (χ1v) is 11.7. The van der Waals surface area contributed by atoms with Gasteiger partial charge in [-0.25, -0.2) is 4.39 Å². The number of alkyl halides is 6. The maximum absolute atomic E-state index is 14.3. The summed E-state index contributed by atoms with van der Waals surface area (Å²) < 4.78 is 124. The molecule has 1 aromatic carbocycles. The van der Waals surface area contributed by atoms with Crippen molar-refractivity contribution < 1.29 is 39.2 Å². The van der Waals surface area contributed by atoms with Crippen LogP contribution in [0.15, 0.2) is 21.4 Å². The highest BCUT2D eigenvalue weighted by molar-refractivity contribution is 7.90. The van der Waals surface area contributed by atoms with Crippen LogP contribution in [0.3, 0.4) is 0 Å². The third-order valence-corrected chi connectivity index (χ3v) is 7.34. The predicted molar refractivity (Wildman–Crippen MR) is 106 cm³/mol. The zero-order chi connectivity index (χ0) is 24.3. The highest BCUT2D eigenvalue weighted by atomic mass is 32.2. The van der Waals surface area contributed by atoms with Crippen molar-refractivity contribution in [2.24, 2.45) is 10.3 Å². The van der Waals surface area contributed by atoms with Gasteiger partial charge < -0.3 is 15.5 Å². The number of rotatable bonds is 4. The number of nitrogens with one attached hydrogen (secondary N) is 2. The fourth-order valence-corrected chi connectivity index (χ4v) is 5.38. The van der Waals surface area contributed by atoms with Gasteiger partial charge in [0.2, 0.25) is 0 Å². The van der Waals surface area contributed by atoms with Crippen LogP contribution in [0.25, 0.3) is 0 Å². The summed E-state index contributed by atoms with van der Waals surface area (Å²) in [5.74, 6) is -1.15. The third kappa shape index (κ3) is 4.91. The first-order chi connectivity index (χ1) is 15.2. The number of benzene rings is 1. The molecule has 3 aliphatic rings. The minimum absolute atomic E-state index is 0.0887. The lowest BCUT2D eigenvalue weighted by Crippen LogP contribution is -2.57. The smallest absolute Gasteiger partial charge is 0.358 e. The average molecular weight is 502 g/mol. The number of sulfonamides is 1. The molecule has 1 saturated heterocycles. The first kappa shape index (κ1) is 24.0. The lowest BCUT2D eigenvalue weighted by atomic mass is 9.94. The normalized spacial score (nSPS) is 26.3. The second kappa shape index (κ2) is 8.00. The monoisotopic (exact) mass is 502 g/mol. The molecule has 33 heavy (non-hydrogen) atoms. The number of amidine groups is 1. The molecule has 3 atom stereocenters. The van der Waals surface area contributed by atoms with Gasteiger partial charge in [-0.1, -0.05) is 0 Å². The van der Waals surface area contributed by atoms with Crippen LogP contribution < -0.4 is 15.5 Å². The molecule has 14 heteroatoms. The van der Waals surface area contributed by atoms with Gasteiger partial charge in [-0.15, -0.1) is 4.40 Å². The Kier molecular flexibility index (Phi) is 5.83. The van der Waals surface area contributed by atoms with Crippen molar-refractivity contribution in [2.75, 3.05) is 16.8 Å². The molecule has 2 fully saturated rings. The Labute approximate surface area is 185 Å². The highest BCUT2D eigenvalue weighted by Crippen LogP contribution is 2.44. The quantitative estimate of drug-likeness (QED) is 0.605. The van der Waals surface area contributed by atoms with Crippen LogP contribution in [0.2, 0.25) is 0 Å². The molecule has 0 bridgehead atoms. The van der Waals surface area contributed by atoms with E-state index in [0.29, 0.717) is 18.9 Å². The summed E-state index contributed by atoms with van der Waals surface area (Å²) >= 11 is 0. The number of fused-ring (bicyclic) bond motifs is 1. The number of nitrogens with zero attached hydrogens (tertiary/aromatic N) is 2. The van der Waals surface area contributed by atoms with Gasteiger partial charge in [0, 0.05) is 18.5 Å². The molecule has 1 saturated carbocycles. The van der Waals surface area contributed by atoms with Crippen LogP contribution >= 0.6 is 0 Å². The number of anilines is 2. The van der Waals surface area contributed by atoms with Crippen LogP contribution in [-0.2, 0) is 10.0 Å². The van der Waals surface area contributed by atoms with E-state index in [4.69, 9.17) is 0 Å². The molecule has 0 radical (unpaired) electrons. The minimum Gasteiger partial charge on any atom is -0.358 e. The Bertz CT molecular complexity index is 1070. The summed E-state index contributed by atoms with van der Waals surface area (Å²) in [6.45, 7) is 0.464. The second-order valence-electron chi connectivity index (χ2n) is 8.55. The van der Waals surface area contributed by atoms with E-state index in [0.717, 1.165) is 17.9 Å². The molecule has 1 aromatic rings. The number of piperidine rings is 1. The molecule has 184 valence electrons. The molecule has 6 nitrogen and oxygen atoms in total. The van der Waals surface area contributed by atoms with Gasteiger partial charge in [0.25, 0.3) is 10.0 Å². The average Bonchev–Trinajstić information content (AvgIpc) is 3.51. The van der Waals surface area contributed by atoms with E-state index in [9.17, 15) is 39.2 Å². The zero-order valence-corrected chi connectivity index (χ0v) is 18.1. The Morgan fingerprint density at radius 2 is 1.82 bits per heavy atom. The SMILES string of the molecule is C[C@H](N[C@@H]1CCN(c2cc(F)cc3c2NC(C2CC2)=NS3(=O)=O)[C@H](C(F)(F)F)C1)C(F)(F)F. The van der Waals surface area contributed by atoms with Gasteiger partial charge in [-0.2, -0.15) is 34.8 Å². The van der Waals surface area contributed by atoms with E-state index in [-0.39, 0.29) is 36.1 Å². The van der Waals surface area contributed by atoms with Gasteiger partial charge in [0.05, 0.1) is 11.4 Å². The highest BCUT2D eigenvalue weighted by Gasteiger charge is 2.49. The molecular formula is C19H21F7N4O2S. The minimum atomic E-state index is -4.86. The van der Waals surface area contributed by atoms with E-state index in [1.54, 1.807) is 0 Å². The van der Waals surface area contributed by atoms with E-state index in [2.05, 4.69) is 15.0 Å². The maximum atomic E-state index is 14.3. The van der Waals surface area contributed by atoms with E-state index >= 15 is 0 Å². The van der Waals surface area contributed by atoms with Gasteiger partial charge in [-0.05, 0) is 44.7 Å². The molecule has 0 spiro atoms. The summed E-state index contributed by atoms with van der Waals surface area (Å²) in [4.78, 5) is 0.241. The Hall–Kier alpha value is -2.09. The van der Waals surface area contributed by atoms with Crippen molar-refractivity contribution >= 4 is 27.2 Å². The standard InChI is InChI=1S/C19H21F7N4O2S/c1-9(18(21,22)23)27-12-4-5-30(15(8-12)19(24,25)26)13-6-11(20)7-14-16(13)28-17(10-2-3-10)29-33(14,31)32/h6-7,9-10,12,15,27H,2-5,8H2,1H3,(H,28,29)/t9-,12+,15-/m0/s1. The van der Waals surface area contributed by atoms with Gasteiger partial charge in [0.1, 0.15) is 28.6 Å². The number of halogens is 7. The van der Waals surface area contributed by atoms with Gasteiger partial charge in [0.15, 0.2) is 0 Å². The molecule has 0 unspecified atom stereocenters. The molecule has 2 heterocycles. The summed E-state index contributed by atoms with van der Waals surface area (Å²) in [5, 5.41) is 4.97. The number of hydrogen-bond acceptors (Lipinski definition) is 5. The third-order valence-electron chi connectivity index (χ3n) is 6.03. The summed E-state index contributed by atoms with van der Waals surface area (Å²) in [5.41, 5.74) is -0.510. The Morgan fingerprint density at radius 3 is 2.39 bits per heavy atom. The lowest BCUT2D eigenvalue weighted by Gasteiger charge is -2.43. The van der Waals surface area contributed by atoms with Crippen molar-refractivity contribution in [3.63, 3.8) is 0 Å². The fraction of sp³-hybridized carbons (Fsp3) is 0.632. The lowest BCUT2D eigenvalue weighted by molar-refractivity contribution is -0.162. The topological polar surface area (TPSA) is 73.8 Å². The Morgan fingerprint density at radius 1 is 1.15 bits per heavy atom. The molecule has 2 aliphatic heterocycles. The molecule has 1 aliphatic carbocycles. The van der Waals surface area contributed by atoms with Crippen molar-refractivity contribution in [3.8, 4) is 0 Å². The predicted octanol–water partition coefficient (Wildman–Crippen LogP) is 4.19. The van der Waals surface area contributed by atoms with Crippen LogP contribution in [0, 0.1) is 11.7 Å². The first-order valence-electron chi connectivity index (χ1n) is 10.3. The summed E-state index contributed by atoms with van der Waals surface area (Å²) in [6, 6.07) is -3.84. The van der Waals surface area contributed by atoms with E-state index < -0.39 is 57.6 Å². The van der Waals surface area contributed by atoms with Crippen LogP contribution in [0.4, 0.5) is 42.1 Å². The molecule has 0 amide bonds. The van der Waals surface area contributed by atoms with Crippen molar-refractivity contribution in [1.29, 1.82) is 0 Å². The van der Waals surface area contributed by atoms with E-state index in [1.807, 2.05) is 0 Å². The van der Waals surface area contributed by atoms with Crippen LogP contribution in [0.5, 0.6) is 0 Å². The molecule has 0 aromatic heterocycles. The van der Waals surface area contributed by atoms with Crippen molar-refractivity contribution in [1.82, 2.24) is 5.32 Å². The van der Waals surface area contributed by atoms with Crippen LogP contribution in [-0.4, -0.2) is 51.3 Å². The van der Waals surface area contributed by atoms with E-state index in [1.165, 1.54) is 0 Å². The van der Waals surface area contributed by atoms with Crippen molar-refractivity contribution in [2.45, 2.75) is 68.0 Å². The largest absolute Gasteiger partial charge is 0.408 e. The second-order valence-corrected chi connectivity index (χ2v) is 10.1. The summed E-state index contributed by atoms with van der Waals surface area (Å²) in [6.07, 6.45) is -8.97. The molecular weight excluding hydrogens is 481 g/mol. The maximum Gasteiger partial charge on any atom is 0.408 e. The fourth-order valence-electron chi connectivity index (χ4n) is 4.15. The zero-order valence-electron chi connectivity index (χ0n) is 17.3. The number of hydrogen-bond donors (Lipinski definition) is 2. The van der Waals surface area contributed by atoms with Gasteiger partial charge >= 0.3 is 12.4 Å². The summed E-state index contributed by atoms with van der Waals surface area (Å²) in [7, 11) is -4.34. The molecule has 4 rings (SSSR count). The van der Waals surface area contributed by atoms with Crippen LogP contribution in [0.1, 0.15) is 32.6 Å². The van der Waals surface area contributed by atoms with Gasteiger partial charge in [-0.3, -0.25) is 0 Å². The Balaban J connectivity index is 1.70.